The Bertz CT molecular complexity index is 387. The van der Waals surface area contributed by atoms with Crippen LogP contribution in [-0.2, 0) is 0 Å². The quantitative estimate of drug-likeness (QED) is 0.895. The van der Waals surface area contributed by atoms with Gasteiger partial charge in [-0.3, -0.25) is 0 Å². The van der Waals surface area contributed by atoms with Crippen LogP contribution < -0.4 is 15.5 Å². The summed E-state index contributed by atoms with van der Waals surface area (Å²) in [6.07, 6.45) is 3.94. The molecule has 0 aliphatic carbocycles. The summed E-state index contributed by atoms with van der Waals surface area (Å²) < 4.78 is 1.12. The molecule has 1 aromatic carbocycles. The standard InChI is InChI=1S/C14H22BrN3/c1-18(2)14-7-6-11(15)9-13(14)17-10-12-5-3-4-8-16-12/h6-7,9,12,16-17H,3-5,8,10H2,1-2H3. The van der Waals surface area contributed by atoms with Crippen LogP contribution in [0, 0.1) is 0 Å². The maximum atomic E-state index is 3.57. The number of anilines is 2. The molecule has 0 saturated carbocycles. The smallest absolute Gasteiger partial charge is 0.0597 e. The van der Waals surface area contributed by atoms with Gasteiger partial charge in [0, 0.05) is 31.2 Å². The van der Waals surface area contributed by atoms with Crippen LogP contribution >= 0.6 is 15.9 Å². The molecule has 18 heavy (non-hydrogen) atoms. The molecular formula is C14H22BrN3. The predicted molar refractivity (Wildman–Crippen MR) is 82.6 cm³/mol. The summed E-state index contributed by atoms with van der Waals surface area (Å²) in [5.41, 5.74) is 2.43. The third-order valence-electron chi connectivity index (χ3n) is 3.39. The molecule has 2 rings (SSSR count). The second-order valence-electron chi connectivity index (χ2n) is 5.08. The lowest BCUT2D eigenvalue weighted by molar-refractivity contribution is 0.414. The first-order valence-corrected chi connectivity index (χ1v) is 7.40. The summed E-state index contributed by atoms with van der Waals surface area (Å²) >= 11 is 3.54. The molecule has 2 N–H and O–H groups in total. The number of hydrogen-bond acceptors (Lipinski definition) is 3. The Kier molecular flexibility index (Phi) is 4.89. The molecule has 1 heterocycles. The van der Waals surface area contributed by atoms with Crippen LogP contribution in [0.2, 0.25) is 0 Å². The van der Waals surface area contributed by atoms with Crippen LogP contribution in [0.15, 0.2) is 22.7 Å². The maximum Gasteiger partial charge on any atom is 0.0597 e. The minimum absolute atomic E-state index is 0.604. The largest absolute Gasteiger partial charge is 0.382 e. The van der Waals surface area contributed by atoms with Crippen LogP contribution in [0.4, 0.5) is 11.4 Å². The Hall–Kier alpha value is -0.740. The van der Waals surface area contributed by atoms with E-state index in [9.17, 15) is 0 Å². The molecule has 0 amide bonds. The molecule has 1 aromatic rings. The molecule has 4 heteroatoms. The summed E-state index contributed by atoms with van der Waals surface area (Å²) in [5.74, 6) is 0. The van der Waals surface area contributed by atoms with E-state index in [-0.39, 0.29) is 0 Å². The Morgan fingerprint density at radius 3 is 2.89 bits per heavy atom. The average Bonchev–Trinajstić information content (AvgIpc) is 2.37. The third-order valence-corrected chi connectivity index (χ3v) is 3.88. The van der Waals surface area contributed by atoms with Crippen LogP contribution in [0.25, 0.3) is 0 Å². The molecule has 100 valence electrons. The highest BCUT2D eigenvalue weighted by atomic mass is 79.9. The fourth-order valence-corrected chi connectivity index (χ4v) is 2.73. The Morgan fingerprint density at radius 1 is 1.39 bits per heavy atom. The number of halogens is 1. The SMILES string of the molecule is CN(C)c1ccc(Br)cc1NCC1CCCCN1. The van der Waals surface area contributed by atoms with Gasteiger partial charge < -0.3 is 15.5 Å². The molecule has 0 bridgehead atoms. The van der Waals surface area contributed by atoms with Gasteiger partial charge in [0.1, 0.15) is 0 Å². The van der Waals surface area contributed by atoms with Gasteiger partial charge in [0.15, 0.2) is 0 Å². The summed E-state index contributed by atoms with van der Waals surface area (Å²) in [6.45, 7) is 2.16. The fourth-order valence-electron chi connectivity index (χ4n) is 2.37. The molecule has 1 aliphatic rings. The van der Waals surface area contributed by atoms with Crippen molar-refractivity contribution in [3.8, 4) is 0 Å². The van der Waals surface area contributed by atoms with Crippen molar-refractivity contribution < 1.29 is 0 Å². The lowest BCUT2D eigenvalue weighted by Gasteiger charge is -2.25. The van der Waals surface area contributed by atoms with Gasteiger partial charge >= 0.3 is 0 Å². The lowest BCUT2D eigenvalue weighted by atomic mass is 10.1. The zero-order chi connectivity index (χ0) is 13.0. The lowest BCUT2D eigenvalue weighted by Crippen LogP contribution is -2.39. The van der Waals surface area contributed by atoms with Crippen molar-refractivity contribution in [2.24, 2.45) is 0 Å². The van der Waals surface area contributed by atoms with Crippen molar-refractivity contribution in [3.63, 3.8) is 0 Å². The van der Waals surface area contributed by atoms with E-state index in [4.69, 9.17) is 0 Å². The minimum atomic E-state index is 0.604. The number of nitrogens with one attached hydrogen (secondary N) is 2. The van der Waals surface area contributed by atoms with Gasteiger partial charge in [0.25, 0.3) is 0 Å². The average molecular weight is 312 g/mol. The highest BCUT2D eigenvalue weighted by Crippen LogP contribution is 2.28. The summed E-state index contributed by atoms with van der Waals surface area (Å²) in [5, 5.41) is 7.14. The number of hydrogen-bond donors (Lipinski definition) is 2. The van der Waals surface area contributed by atoms with Gasteiger partial charge in [-0.05, 0) is 37.6 Å². The van der Waals surface area contributed by atoms with Crippen molar-refractivity contribution in [2.45, 2.75) is 25.3 Å². The molecule has 1 atom stereocenters. The van der Waals surface area contributed by atoms with Gasteiger partial charge in [0.05, 0.1) is 11.4 Å². The van der Waals surface area contributed by atoms with Crippen molar-refractivity contribution in [3.05, 3.63) is 22.7 Å². The zero-order valence-corrected chi connectivity index (χ0v) is 12.8. The minimum Gasteiger partial charge on any atom is -0.382 e. The van der Waals surface area contributed by atoms with Gasteiger partial charge in [-0.2, -0.15) is 0 Å². The first-order valence-electron chi connectivity index (χ1n) is 6.61. The van der Waals surface area contributed by atoms with Crippen molar-refractivity contribution in [2.75, 3.05) is 37.4 Å². The normalized spacial score (nSPS) is 19.6. The van der Waals surface area contributed by atoms with E-state index in [2.05, 4.69) is 63.8 Å². The van der Waals surface area contributed by atoms with Gasteiger partial charge in [0.2, 0.25) is 0 Å². The second kappa shape index (κ2) is 6.43. The molecule has 3 nitrogen and oxygen atoms in total. The van der Waals surface area contributed by atoms with E-state index in [1.165, 1.54) is 30.6 Å². The number of benzene rings is 1. The molecule has 0 spiro atoms. The number of piperidine rings is 1. The van der Waals surface area contributed by atoms with E-state index >= 15 is 0 Å². The van der Waals surface area contributed by atoms with Crippen LogP contribution in [0.1, 0.15) is 19.3 Å². The van der Waals surface area contributed by atoms with Crippen molar-refractivity contribution in [1.82, 2.24) is 5.32 Å². The number of rotatable bonds is 4. The van der Waals surface area contributed by atoms with E-state index in [0.29, 0.717) is 6.04 Å². The molecule has 0 radical (unpaired) electrons. The summed E-state index contributed by atoms with van der Waals surface area (Å²) in [7, 11) is 4.15. The van der Waals surface area contributed by atoms with Crippen LogP contribution in [-0.4, -0.2) is 33.2 Å². The Morgan fingerprint density at radius 2 is 2.22 bits per heavy atom. The van der Waals surface area contributed by atoms with Gasteiger partial charge in [-0.1, -0.05) is 22.4 Å². The summed E-state index contributed by atoms with van der Waals surface area (Å²) in [4.78, 5) is 2.14. The molecule has 1 aliphatic heterocycles. The molecule has 1 saturated heterocycles. The fraction of sp³-hybridized carbons (Fsp3) is 0.571. The van der Waals surface area contributed by atoms with Crippen LogP contribution in [0.3, 0.4) is 0 Å². The molecule has 1 fully saturated rings. The molecular weight excluding hydrogens is 290 g/mol. The van der Waals surface area contributed by atoms with E-state index in [1.807, 2.05) is 0 Å². The van der Waals surface area contributed by atoms with E-state index in [0.717, 1.165) is 17.6 Å². The van der Waals surface area contributed by atoms with Crippen molar-refractivity contribution in [1.29, 1.82) is 0 Å². The molecule has 1 unspecified atom stereocenters. The van der Waals surface area contributed by atoms with Gasteiger partial charge in [-0.15, -0.1) is 0 Å². The van der Waals surface area contributed by atoms with Gasteiger partial charge in [-0.25, -0.2) is 0 Å². The van der Waals surface area contributed by atoms with E-state index < -0.39 is 0 Å². The molecule has 0 aromatic heterocycles. The maximum absolute atomic E-state index is 3.57. The monoisotopic (exact) mass is 311 g/mol. The Labute approximate surface area is 118 Å². The highest BCUT2D eigenvalue weighted by Gasteiger charge is 2.13. The predicted octanol–water partition coefficient (Wildman–Crippen LogP) is 3.07. The summed E-state index contributed by atoms with van der Waals surface area (Å²) in [6, 6.07) is 6.98. The zero-order valence-electron chi connectivity index (χ0n) is 11.2. The van der Waals surface area contributed by atoms with E-state index in [1.54, 1.807) is 0 Å². The first-order chi connectivity index (χ1) is 8.66. The third kappa shape index (κ3) is 3.62. The van der Waals surface area contributed by atoms with Crippen LogP contribution in [0.5, 0.6) is 0 Å². The topological polar surface area (TPSA) is 27.3 Å². The Balaban J connectivity index is 2.00. The second-order valence-corrected chi connectivity index (χ2v) is 6.00. The first kappa shape index (κ1) is 13.7. The number of nitrogens with zero attached hydrogens (tertiary/aromatic N) is 1. The van der Waals surface area contributed by atoms with Crippen molar-refractivity contribution >= 4 is 27.3 Å². The highest BCUT2D eigenvalue weighted by molar-refractivity contribution is 9.10.